The summed E-state index contributed by atoms with van der Waals surface area (Å²) in [4.78, 5) is 3.96. The predicted octanol–water partition coefficient (Wildman–Crippen LogP) is 2.85. The lowest BCUT2D eigenvalue weighted by molar-refractivity contribution is 0.361. The third-order valence-electron chi connectivity index (χ3n) is 2.68. The van der Waals surface area contributed by atoms with Gasteiger partial charge in [0, 0.05) is 6.42 Å². The molecule has 1 saturated carbocycles. The predicted molar refractivity (Wildman–Crippen MR) is 49.6 cm³/mol. The molecule has 13 heavy (non-hydrogen) atoms. The molecular formula is C9H13ClN2O. The Morgan fingerprint density at radius 2 is 2.15 bits per heavy atom. The van der Waals surface area contributed by atoms with Gasteiger partial charge < -0.3 is 4.52 Å². The van der Waals surface area contributed by atoms with Crippen LogP contribution in [0.25, 0.3) is 0 Å². The van der Waals surface area contributed by atoms with Gasteiger partial charge in [-0.3, -0.25) is 0 Å². The van der Waals surface area contributed by atoms with E-state index in [0.717, 1.165) is 12.3 Å². The average molecular weight is 201 g/mol. The number of aryl methyl sites for hydroxylation is 1. The molecule has 0 aliphatic heterocycles. The van der Waals surface area contributed by atoms with Crippen molar-refractivity contribution in [3.8, 4) is 0 Å². The third kappa shape index (κ3) is 2.44. The van der Waals surface area contributed by atoms with Crippen molar-refractivity contribution in [2.24, 2.45) is 5.92 Å². The summed E-state index contributed by atoms with van der Waals surface area (Å²) in [6, 6.07) is 0. The Kier molecular flexibility index (Phi) is 2.83. The number of hydrogen-bond acceptors (Lipinski definition) is 3. The Labute approximate surface area is 82.5 Å². The van der Waals surface area contributed by atoms with Gasteiger partial charge in [0.1, 0.15) is 0 Å². The molecule has 0 amide bonds. The molecule has 0 atom stereocenters. The second kappa shape index (κ2) is 4.09. The van der Waals surface area contributed by atoms with Gasteiger partial charge >= 0.3 is 0 Å². The zero-order valence-electron chi connectivity index (χ0n) is 7.50. The molecule has 1 aromatic rings. The van der Waals surface area contributed by atoms with Crippen molar-refractivity contribution in [2.75, 3.05) is 0 Å². The number of rotatable bonds is 3. The lowest BCUT2D eigenvalue weighted by Crippen LogP contribution is -1.96. The van der Waals surface area contributed by atoms with Crippen LogP contribution in [0.15, 0.2) is 4.52 Å². The Morgan fingerprint density at radius 3 is 2.77 bits per heavy atom. The van der Waals surface area contributed by atoms with Gasteiger partial charge in [0.05, 0.1) is 0 Å². The average Bonchev–Trinajstić information content (AvgIpc) is 2.71. The number of halogens is 1. The third-order valence-corrected chi connectivity index (χ3v) is 2.84. The smallest absolute Gasteiger partial charge is 0.263 e. The van der Waals surface area contributed by atoms with Gasteiger partial charge in [0.2, 0.25) is 5.89 Å². The molecule has 1 heterocycles. The van der Waals surface area contributed by atoms with Crippen molar-refractivity contribution >= 4 is 11.6 Å². The fourth-order valence-corrected chi connectivity index (χ4v) is 2.09. The maximum absolute atomic E-state index is 5.54. The summed E-state index contributed by atoms with van der Waals surface area (Å²) in [6.45, 7) is 0. The van der Waals surface area contributed by atoms with E-state index in [0.29, 0.717) is 5.89 Å². The van der Waals surface area contributed by atoms with E-state index in [2.05, 4.69) is 10.1 Å². The first-order valence-electron chi connectivity index (χ1n) is 4.82. The SMILES string of the molecule is Clc1noc(CCC2CCCC2)n1. The zero-order valence-corrected chi connectivity index (χ0v) is 8.26. The van der Waals surface area contributed by atoms with Crippen LogP contribution < -0.4 is 0 Å². The van der Waals surface area contributed by atoms with E-state index in [1.807, 2.05) is 0 Å². The highest BCUT2D eigenvalue weighted by Crippen LogP contribution is 2.28. The lowest BCUT2D eigenvalue weighted by atomic mass is 10.0. The maximum Gasteiger partial charge on any atom is 0.263 e. The monoisotopic (exact) mass is 200 g/mol. The van der Waals surface area contributed by atoms with Crippen molar-refractivity contribution in [3.05, 3.63) is 11.2 Å². The van der Waals surface area contributed by atoms with Crippen LogP contribution in [0.1, 0.15) is 38.0 Å². The standard InChI is InChI=1S/C9H13ClN2O/c10-9-11-8(13-12-9)6-5-7-3-1-2-4-7/h7H,1-6H2. The van der Waals surface area contributed by atoms with E-state index in [1.165, 1.54) is 32.1 Å². The van der Waals surface area contributed by atoms with Gasteiger partial charge in [-0.2, -0.15) is 4.98 Å². The molecule has 72 valence electrons. The molecule has 2 rings (SSSR count). The van der Waals surface area contributed by atoms with Crippen molar-refractivity contribution in [1.29, 1.82) is 0 Å². The van der Waals surface area contributed by atoms with Crippen LogP contribution in [0.4, 0.5) is 0 Å². The minimum atomic E-state index is 0.224. The maximum atomic E-state index is 5.54. The van der Waals surface area contributed by atoms with Crippen molar-refractivity contribution in [1.82, 2.24) is 10.1 Å². The van der Waals surface area contributed by atoms with E-state index >= 15 is 0 Å². The minimum Gasteiger partial charge on any atom is -0.338 e. The second-order valence-electron chi connectivity index (χ2n) is 3.65. The lowest BCUT2D eigenvalue weighted by Gasteiger charge is -2.04. The van der Waals surface area contributed by atoms with Gasteiger partial charge in [-0.05, 0) is 29.1 Å². The normalized spacial score (nSPS) is 18.2. The number of nitrogens with zero attached hydrogens (tertiary/aromatic N) is 2. The van der Waals surface area contributed by atoms with Gasteiger partial charge in [-0.25, -0.2) is 0 Å². The highest BCUT2D eigenvalue weighted by Gasteiger charge is 2.16. The highest BCUT2D eigenvalue weighted by atomic mass is 35.5. The fourth-order valence-electron chi connectivity index (χ4n) is 1.96. The molecule has 3 nitrogen and oxygen atoms in total. The Balaban J connectivity index is 1.78. The summed E-state index contributed by atoms with van der Waals surface area (Å²) in [5.41, 5.74) is 0. The summed E-state index contributed by atoms with van der Waals surface area (Å²) < 4.78 is 4.93. The quantitative estimate of drug-likeness (QED) is 0.753. The molecule has 0 aromatic carbocycles. The molecule has 1 fully saturated rings. The van der Waals surface area contributed by atoms with Crippen LogP contribution in [-0.2, 0) is 6.42 Å². The zero-order chi connectivity index (χ0) is 9.10. The van der Waals surface area contributed by atoms with Gasteiger partial charge in [-0.1, -0.05) is 25.7 Å². The molecule has 4 heteroatoms. The highest BCUT2D eigenvalue weighted by molar-refractivity contribution is 6.28. The fraction of sp³-hybridized carbons (Fsp3) is 0.778. The molecular weight excluding hydrogens is 188 g/mol. The molecule has 1 aromatic heterocycles. The first kappa shape index (κ1) is 9.00. The van der Waals surface area contributed by atoms with Crippen LogP contribution in [0, 0.1) is 5.92 Å². The van der Waals surface area contributed by atoms with Gasteiger partial charge in [0.25, 0.3) is 5.28 Å². The number of hydrogen-bond donors (Lipinski definition) is 0. The topological polar surface area (TPSA) is 38.9 Å². The first-order chi connectivity index (χ1) is 6.34. The van der Waals surface area contributed by atoms with Crippen molar-refractivity contribution in [3.63, 3.8) is 0 Å². The van der Waals surface area contributed by atoms with Crippen LogP contribution in [0.3, 0.4) is 0 Å². The molecule has 0 spiro atoms. The Hall–Kier alpha value is -0.570. The summed E-state index contributed by atoms with van der Waals surface area (Å²) >= 11 is 5.54. The summed E-state index contributed by atoms with van der Waals surface area (Å²) in [5.74, 6) is 1.54. The largest absolute Gasteiger partial charge is 0.338 e. The first-order valence-corrected chi connectivity index (χ1v) is 5.20. The van der Waals surface area contributed by atoms with Crippen molar-refractivity contribution < 1.29 is 4.52 Å². The second-order valence-corrected chi connectivity index (χ2v) is 3.98. The Morgan fingerprint density at radius 1 is 1.38 bits per heavy atom. The Bertz CT molecular complexity index is 268. The molecule has 0 saturated heterocycles. The molecule has 0 unspecified atom stereocenters. The molecule has 1 aliphatic carbocycles. The van der Waals surface area contributed by atoms with Gasteiger partial charge in [-0.15, -0.1) is 0 Å². The van der Waals surface area contributed by atoms with E-state index in [9.17, 15) is 0 Å². The van der Waals surface area contributed by atoms with Crippen LogP contribution in [-0.4, -0.2) is 10.1 Å². The molecule has 0 bridgehead atoms. The van der Waals surface area contributed by atoms with Gasteiger partial charge in [0.15, 0.2) is 0 Å². The van der Waals surface area contributed by atoms with Crippen LogP contribution >= 0.6 is 11.6 Å². The van der Waals surface area contributed by atoms with E-state index < -0.39 is 0 Å². The summed E-state index contributed by atoms with van der Waals surface area (Å²) in [6.07, 6.45) is 7.54. The van der Waals surface area contributed by atoms with E-state index in [-0.39, 0.29) is 5.28 Å². The molecule has 1 aliphatic rings. The summed E-state index contributed by atoms with van der Waals surface area (Å²) in [5, 5.41) is 3.76. The van der Waals surface area contributed by atoms with Crippen LogP contribution in [0.2, 0.25) is 5.28 Å². The van der Waals surface area contributed by atoms with Crippen molar-refractivity contribution in [2.45, 2.75) is 38.5 Å². The number of aromatic nitrogens is 2. The van der Waals surface area contributed by atoms with E-state index in [4.69, 9.17) is 16.1 Å². The minimum absolute atomic E-state index is 0.224. The summed E-state index contributed by atoms with van der Waals surface area (Å²) in [7, 11) is 0. The van der Waals surface area contributed by atoms with E-state index in [1.54, 1.807) is 0 Å². The van der Waals surface area contributed by atoms with Crippen LogP contribution in [0.5, 0.6) is 0 Å². The molecule has 0 N–H and O–H groups in total. The molecule has 0 radical (unpaired) electrons.